The number of aromatic nitrogens is 1. The molecule has 0 aliphatic heterocycles. The van der Waals surface area contributed by atoms with E-state index >= 15 is 0 Å². The number of carbonyl (C=O) groups is 1. The van der Waals surface area contributed by atoms with Crippen molar-refractivity contribution in [3.63, 3.8) is 0 Å². The molecule has 170 valence electrons. The third kappa shape index (κ3) is 4.71. The zero-order valence-electron chi connectivity index (χ0n) is 19.2. The van der Waals surface area contributed by atoms with Gasteiger partial charge in [0.1, 0.15) is 5.01 Å². The number of hydrogen-bond acceptors (Lipinski definition) is 6. The van der Waals surface area contributed by atoms with Crippen molar-refractivity contribution in [2.75, 3.05) is 18.0 Å². The number of ether oxygens (including phenoxy) is 1. The molecule has 0 amide bonds. The molecule has 0 saturated heterocycles. The predicted molar refractivity (Wildman–Crippen MR) is 129 cm³/mol. The average Bonchev–Trinajstić information content (AvgIpc) is 3.22. The lowest BCUT2D eigenvalue weighted by Gasteiger charge is -2.21. The van der Waals surface area contributed by atoms with E-state index in [0.29, 0.717) is 11.4 Å². The molecule has 0 fully saturated rings. The number of thiazole rings is 1. The largest absolute Gasteiger partial charge is 0.465 e. The highest BCUT2D eigenvalue weighted by atomic mass is 32.2. The van der Waals surface area contributed by atoms with Gasteiger partial charge in [0.25, 0.3) is 10.0 Å². The maximum atomic E-state index is 13.4. The summed E-state index contributed by atoms with van der Waals surface area (Å²) in [5.41, 5.74) is 3.08. The summed E-state index contributed by atoms with van der Waals surface area (Å²) in [7, 11) is -2.64. The molecule has 6 nitrogen and oxygen atoms in total. The van der Waals surface area contributed by atoms with Gasteiger partial charge in [-0.3, -0.25) is 0 Å². The van der Waals surface area contributed by atoms with E-state index < -0.39 is 16.0 Å². The van der Waals surface area contributed by atoms with Crippen LogP contribution in [-0.2, 0) is 20.2 Å². The Labute approximate surface area is 193 Å². The maximum Gasteiger partial charge on any atom is 0.338 e. The van der Waals surface area contributed by atoms with Gasteiger partial charge in [-0.2, -0.15) is 0 Å². The van der Waals surface area contributed by atoms with E-state index in [9.17, 15) is 13.2 Å². The molecule has 3 aromatic rings. The molecule has 8 heteroatoms. The first-order valence-corrected chi connectivity index (χ1v) is 12.6. The van der Waals surface area contributed by atoms with Gasteiger partial charge in [0, 0.05) is 17.5 Å². The van der Waals surface area contributed by atoms with Crippen LogP contribution in [0.4, 0.5) is 5.82 Å². The van der Waals surface area contributed by atoms with Gasteiger partial charge in [-0.15, -0.1) is 11.3 Å². The number of aryl methyl sites for hydroxylation is 1. The fourth-order valence-electron chi connectivity index (χ4n) is 3.30. The van der Waals surface area contributed by atoms with Gasteiger partial charge in [0.15, 0.2) is 5.82 Å². The van der Waals surface area contributed by atoms with E-state index in [1.54, 1.807) is 25.3 Å². The van der Waals surface area contributed by atoms with Gasteiger partial charge in [0.2, 0.25) is 0 Å². The Morgan fingerprint density at radius 1 is 1.12 bits per heavy atom. The third-order valence-electron chi connectivity index (χ3n) is 5.24. The normalized spacial score (nSPS) is 11.9. The molecule has 0 N–H and O–H groups in total. The average molecular weight is 473 g/mol. The topological polar surface area (TPSA) is 76.6 Å². The molecule has 1 heterocycles. The summed E-state index contributed by atoms with van der Waals surface area (Å²) in [5, 5.41) is 2.48. The second-order valence-electron chi connectivity index (χ2n) is 8.48. The second-order valence-corrected chi connectivity index (χ2v) is 11.2. The molecular formula is C24H28N2O4S2. The van der Waals surface area contributed by atoms with Crippen molar-refractivity contribution in [1.29, 1.82) is 0 Å². The van der Waals surface area contributed by atoms with E-state index in [1.807, 2.05) is 12.1 Å². The summed E-state index contributed by atoms with van der Waals surface area (Å²) in [6.45, 7) is 10.2. The zero-order chi connectivity index (χ0) is 23.7. The standard InChI is InChI=1S/C24H28N2O4S2/c1-7-26(32(28,29)19-13-8-16(2)20(14-19)23(27)30-6)21-15-31-22(25-21)17-9-11-18(12-10-17)24(3,4)5/h8-15H,7H2,1-6H3. The van der Waals surface area contributed by atoms with Crippen LogP contribution in [0.25, 0.3) is 10.6 Å². The zero-order valence-corrected chi connectivity index (χ0v) is 20.8. The minimum absolute atomic E-state index is 0.0226. The number of methoxy groups -OCH3 is 1. The van der Waals surface area contributed by atoms with E-state index in [0.717, 1.165) is 10.6 Å². The molecule has 0 unspecified atom stereocenters. The first kappa shape index (κ1) is 23.9. The minimum atomic E-state index is -3.91. The monoisotopic (exact) mass is 472 g/mol. The Bertz CT molecular complexity index is 1220. The molecule has 0 aliphatic rings. The first-order chi connectivity index (χ1) is 15.0. The van der Waals surface area contributed by atoms with Crippen LogP contribution in [0.2, 0.25) is 0 Å². The van der Waals surface area contributed by atoms with Crippen LogP contribution >= 0.6 is 11.3 Å². The van der Waals surface area contributed by atoms with E-state index in [2.05, 4.69) is 37.9 Å². The number of esters is 1. The van der Waals surface area contributed by atoms with Crippen LogP contribution < -0.4 is 4.31 Å². The summed E-state index contributed by atoms with van der Waals surface area (Å²) < 4.78 is 32.8. The minimum Gasteiger partial charge on any atom is -0.465 e. The number of nitrogens with zero attached hydrogens (tertiary/aromatic N) is 2. The fourth-order valence-corrected chi connectivity index (χ4v) is 5.62. The highest BCUT2D eigenvalue weighted by molar-refractivity contribution is 7.92. The highest BCUT2D eigenvalue weighted by Crippen LogP contribution is 2.32. The van der Waals surface area contributed by atoms with Crippen molar-refractivity contribution in [3.05, 3.63) is 64.5 Å². The molecule has 0 aliphatic carbocycles. The number of rotatable bonds is 6. The van der Waals surface area contributed by atoms with Crippen LogP contribution in [0.5, 0.6) is 0 Å². The molecule has 0 spiro atoms. The maximum absolute atomic E-state index is 13.4. The Morgan fingerprint density at radius 2 is 1.78 bits per heavy atom. The third-order valence-corrected chi connectivity index (χ3v) is 7.99. The number of benzene rings is 2. The smallest absolute Gasteiger partial charge is 0.338 e. The van der Waals surface area contributed by atoms with Crippen molar-refractivity contribution < 1.29 is 17.9 Å². The second kappa shape index (κ2) is 9.03. The van der Waals surface area contributed by atoms with Gasteiger partial charge in [-0.1, -0.05) is 51.1 Å². The van der Waals surface area contributed by atoms with Gasteiger partial charge in [-0.25, -0.2) is 22.5 Å². The van der Waals surface area contributed by atoms with Crippen LogP contribution in [0.3, 0.4) is 0 Å². The quantitative estimate of drug-likeness (QED) is 0.448. The number of anilines is 1. The van der Waals surface area contributed by atoms with Crippen LogP contribution in [-0.4, -0.2) is 33.0 Å². The number of sulfonamides is 1. The molecule has 3 rings (SSSR count). The van der Waals surface area contributed by atoms with Crippen LogP contribution in [0.15, 0.2) is 52.7 Å². The highest BCUT2D eigenvalue weighted by Gasteiger charge is 2.27. The van der Waals surface area contributed by atoms with Crippen LogP contribution in [0, 0.1) is 6.92 Å². The van der Waals surface area contributed by atoms with Crippen molar-refractivity contribution in [2.45, 2.75) is 44.9 Å². The van der Waals surface area contributed by atoms with E-state index in [4.69, 9.17) is 4.74 Å². The molecule has 0 radical (unpaired) electrons. The molecule has 0 bridgehead atoms. The van der Waals surface area contributed by atoms with Gasteiger partial charge >= 0.3 is 5.97 Å². The molecule has 0 atom stereocenters. The van der Waals surface area contributed by atoms with Crippen molar-refractivity contribution in [2.24, 2.45) is 0 Å². The summed E-state index contributed by atoms with van der Waals surface area (Å²) in [6, 6.07) is 12.6. The summed E-state index contributed by atoms with van der Waals surface area (Å²) in [4.78, 5) is 16.7. The fraction of sp³-hybridized carbons (Fsp3) is 0.333. The van der Waals surface area contributed by atoms with Crippen molar-refractivity contribution in [1.82, 2.24) is 4.98 Å². The van der Waals surface area contributed by atoms with Gasteiger partial charge < -0.3 is 4.74 Å². The number of carbonyl (C=O) groups excluding carboxylic acids is 1. The molecule has 2 aromatic carbocycles. The van der Waals surface area contributed by atoms with E-state index in [-0.39, 0.29) is 22.4 Å². The Kier molecular flexibility index (Phi) is 6.76. The number of hydrogen-bond donors (Lipinski definition) is 0. The molecule has 32 heavy (non-hydrogen) atoms. The Balaban J connectivity index is 1.96. The SMILES string of the molecule is CCN(c1csc(-c2ccc(C(C)(C)C)cc2)n1)S(=O)(=O)c1ccc(C)c(C(=O)OC)c1. The predicted octanol–water partition coefficient (Wildman–Crippen LogP) is 5.42. The van der Waals surface area contributed by atoms with Crippen LogP contribution in [0.1, 0.15) is 49.2 Å². The Morgan fingerprint density at radius 3 is 2.34 bits per heavy atom. The summed E-state index contributed by atoms with van der Waals surface area (Å²) >= 11 is 1.39. The van der Waals surface area contributed by atoms with Crippen molar-refractivity contribution in [3.8, 4) is 10.6 Å². The lowest BCUT2D eigenvalue weighted by molar-refractivity contribution is 0.0599. The lowest BCUT2D eigenvalue weighted by Crippen LogP contribution is -2.31. The first-order valence-electron chi connectivity index (χ1n) is 10.3. The molecule has 1 aromatic heterocycles. The summed E-state index contributed by atoms with van der Waals surface area (Å²) in [6.07, 6.45) is 0. The lowest BCUT2D eigenvalue weighted by atomic mass is 9.87. The van der Waals surface area contributed by atoms with Crippen molar-refractivity contribution >= 4 is 33.1 Å². The molecule has 0 saturated carbocycles. The van der Waals surface area contributed by atoms with E-state index in [1.165, 1.54) is 40.4 Å². The Hall–Kier alpha value is -2.71. The molecular weight excluding hydrogens is 444 g/mol. The van der Waals surface area contributed by atoms with Gasteiger partial charge in [0.05, 0.1) is 17.6 Å². The van der Waals surface area contributed by atoms with Gasteiger partial charge in [-0.05, 0) is 42.5 Å². The summed E-state index contributed by atoms with van der Waals surface area (Å²) in [5.74, 6) is -0.218.